The lowest BCUT2D eigenvalue weighted by molar-refractivity contribution is 0.239. The molecule has 0 unspecified atom stereocenters. The van der Waals surface area contributed by atoms with E-state index in [2.05, 4.69) is 6.07 Å². The predicted octanol–water partition coefficient (Wildman–Crippen LogP) is 2.06. The maximum absolute atomic E-state index is 10.6. The highest BCUT2D eigenvalue weighted by Gasteiger charge is 2.11. The van der Waals surface area contributed by atoms with E-state index in [1.54, 1.807) is 0 Å². The second-order valence-corrected chi connectivity index (χ2v) is 2.73. The van der Waals surface area contributed by atoms with Crippen LogP contribution in [0.3, 0.4) is 0 Å². The van der Waals surface area contributed by atoms with Gasteiger partial charge in [-0.2, -0.15) is 0 Å². The fraction of sp³-hybridized carbons (Fsp3) is 0.200. The molecule has 0 fully saturated rings. The summed E-state index contributed by atoms with van der Waals surface area (Å²) in [6.07, 6.45) is 2.96. The summed E-state index contributed by atoms with van der Waals surface area (Å²) in [5.41, 5.74) is 3.40. The van der Waals surface area contributed by atoms with Crippen molar-refractivity contribution in [3.63, 3.8) is 0 Å². The fourth-order valence-electron chi connectivity index (χ4n) is 1.49. The van der Waals surface area contributed by atoms with Crippen molar-refractivity contribution < 1.29 is 5.11 Å². The smallest absolute Gasteiger partial charge is 0.108 e. The first-order valence-electron chi connectivity index (χ1n) is 3.77. The fourth-order valence-corrected chi connectivity index (χ4v) is 1.49. The average Bonchev–Trinajstić information content (AvgIpc) is 2.47. The molecule has 0 saturated heterocycles. The van der Waals surface area contributed by atoms with E-state index in [-0.39, 0.29) is 6.61 Å². The summed E-state index contributed by atoms with van der Waals surface area (Å²) in [4.78, 5) is 0. The van der Waals surface area contributed by atoms with Crippen molar-refractivity contribution in [2.45, 2.75) is 6.42 Å². The minimum absolute atomic E-state index is 0.0863. The summed E-state index contributed by atoms with van der Waals surface area (Å²) in [5, 5.41) is 10.6. The van der Waals surface area contributed by atoms with E-state index in [1.165, 1.54) is 5.56 Å². The lowest BCUT2D eigenvalue weighted by Gasteiger charge is -1.99. The highest BCUT2D eigenvalue weighted by atomic mass is 16.3. The normalized spacial score (nSPS) is 14.5. The Morgan fingerprint density at radius 1 is 1.27 bits per heavy atom. The molecule has 0 heterocycles. The third-order valence-corrected chi connectivity index (χ3v) is 2.09. The Kier molecular flexibility index (Phi) is 1.51. The lowest BCUT2D eigenvalue weighted by atomic mass is 10.1. The summed E-state index contributed by atoms with van der Waals surface area (Å²) in [6.45, 7) is -0.0863. The minimum Gasteiger partial charge on any atom is -0.232 e. The Hall–Kier alpha value is -1.08. The Morgan fingerprint density at radius 2 is 2.09 bits per heavy atom. The maximum atomic E-state index is 10.6. The molecule has 0 bridgehead atoms. The molecule has 0 aliphatic heterocycles. The van der Waals surface area contributed by atoms with Gasteiger partial charge in [0.15, 0.2) is 0 Å². The molecule has 0 aromatic heterocycles. The van der Waals surface area contributed by atoms with Crippen molar-refractivity contribution in [3.8, 4) is 0 Å². The topological polar surface area (TPSA) is 19.9 Å². The maximum Gasteiger partial charge on any atom is 0.108 e. The predicted molar refractivity (Wildman–Crippen MR) is 43.7 cm³/mol. The van der Waals surface area contributed by atoms with E-state index in [0.29, 0.717) is 0 Å². The van der Waals surface area contributed by atoms with Crippen LogP contribution in [0.4, 0.5) is 0 Å². The van der Waals surface area contributed by atoms with E-state index in [4.69, 9.17) is 0 Å². The third-order valence-electron chi connectivity index (χ3n) is 2.09. The van der Waals surface area contributed by atoms with E-state index >= 15 is 0 Å². The summed E-state index contributed by atoms with van der Waals surface area (Å²) in [6, 6.07) is 8.09. The van der Waals surface area contributed by atoms with E-state index in [9.17, 15) is 5.11 Å². The van der Waals surface area contributed by atoms with Gasteiger partial charge in [-0.3, -0.25) is 0 Å². The number of allylic oxidation sites excluding steroid dienone is 1. The van der Waals surface area contributed by atoms with Gasteiger partial charge in [0.25, 0.3) is 0 Å². The minimum atomic E-state index is -0.0863. The first-order chi connectivity index (χ1) is 5.42. The van der Waals surface area contributed by atoms with E-state index in [0.717, 1.165) is 17.6 Å². The van der Waals surface area contributed by atoms with Gasteiger partial charge < -0.3 is 0 Å². The standard InChI is InChI=1S/C10H9O/c11-7-9-6-5-8-3-1-2-4-10(8)9/h1-4,6H,5,7H2. The molecule has 1 radical (unpaired) electrons. The summed E-state index contributed by atoms with van der Waals surface area (Å²) in [5.74, 6) is 0. The molecule has 11 heavy (non-hydrogen) atoms. The van der Waals surface area contributed by atoms with Crippen LogP contribution >= 0.6 is 0 Å². The third kappa shape index (κ3) is 0.976. The van der Waals surface area contributed by atoms with Crippen molar-refractivity contribution in [2.24, 2.45) is 0 Å². The Morgan fingerprint density at radius 3 is 2.91 bits per heavy atom. The van der Waals surface area contributed by atoms with Crippen LogP contribution in [0.25, 0.3) is 5.57 Å². The van der Waals surface area contributed by atoms with Crippen LogP contribution in [0.1, 0.15) is 11.1 Å². The molecule has 0 saturated carbocycles. The molecular weight excluding hydrogens is 136 g/mol. The second-order valence-electron chi connectivity index (χ2n) is 2.73. The zero-order valence-corrected chi connectivity index (χ0v) is 6.21. The van der Waals surface area contributed by atoms with E-state index in [1.807, 2.05) is 24.3 Å². The molecule has 1 heteroatoms. The summed E-state index contributed by atoms with van der Waals surface area (Å²) < 4.78 is 0. The molecule has 1 aliphatic carbocycles. The highest BCUT2D eigenvalue weighted by molar-refractivity contribution is 5.73. The van der Waals surface area contributed by atoms with Gasteiger partial charge in [0, 0.05) is 0 Å². The number of benzene rings is 1. The van der Waals surface area contributed by atoms with Crippen LogP contribution in [-0.2, 0) is 11.5 Å². The lowest BCUT2D eigenvalue weighted by Crippen LogP contribution is -1.86. The van der Waals surface area contributed by atoms with Crippen LogP contribution in [-0.4, -0.2) is 6.61 Å². The van der Waals surface area contributed by atoms with Crippen molar-refractivity contribution in [1.82, 2.24) is 0 Å². The van der Waals surface area contributed by atoms with Crippen molar-refractivity contribution in [2.75, 3.05) is 6.61 Å². The van der Waals surface area contributed by atoms with Gasteiger partial charge in [-0.1, -0.05) is 30.3 Å². The van der Waals surface area contributed by atoms with Crippen molar-refractivity contribution >= 4 is 5.57 Å². The Bertz CT molecular complexity index is 299. The molecule has 1 nitrogen and oxygen atoms in total. The number of fused-ring (bicyclic) bond motifs is 1. The zero-order chi connectivity index (χ0) is 7.68. The van der Waals surface area contributed by atoms with Crippen LogP contribution < -0.4 is 0 Å². The molecular formula is C10H9O. The SMILES string of the molecule is [O]CC1=CCc2ccccc21. The van der Waals surface area contributed by atoms with Gasteiger partial charge in [-0.25, -0.2) is 5.11 Å². The molecule has 1 aliphatic rings. The molecule has 55 valence electrons. The first kappa shape index (κ1) is 6.62. The molecule has 2 rings (SSSR count). The Labute approximate surface area is 66.0 Å². The molecule has 1 aromatic carbocycles. The average molecular weight is 145 g/mol. The number of hydrogen-bond acceptors (Lipinski definition) is 0. The van der Waals surface area contributed by atoms with Gasteiger partial charge in [0.05, 0.1) is 0 Å². The quantitative estimate of drug-likeness (QED) is 0.576. The second kappa shape index (κ2) is 2.51. The van der Waals surface area contributed by atoms with Crippen molar-refractivity contribution in [1.29, 1.82) is 0 Å². The van der Waals surface area contributed by atoms with Crippen LogP contribution in [0.15, 0.2) is 30.3 Å². The van der Waals surface area contributed by atoms with Gasteiger partial charge in [-0.05, 0) is 23.1 Å². The van der Waals surface area contributed by atoms with E-state index < -0.39 is 0 Å². The van der Waals surface area contributed by atoms with Gasteiger partial charge >= 0.3 is 0 Å². The molecule has 0 N–H and O–H groups in total. The van der Waals surface area contributed by atoms with Crippen LogP contribution in [0.5, 0.6) is 0 Å². The summed E-state index contributed by atoms with van der Waals surface area (Å²) >= 11 is 0. The molecule has 1 aromatic rings. The summed E-state index contributed by atoms with van der Waals surface area (Å²) in [7, 11) is 0. The highest BCUT2D eigenvalue weighted by Crippen LogP contribution is 2.26. The van der Waals surface area contributed by atoms with Crippen molar-refractivity contribution in [3.05, 3.63) is 41.5 Å². The van der Waals surface area contributed by atoms with Crippen LogP contribution in [0.2, 0.25) is 0 Å². The first-order valence-corrected chi connectivity index (χ1v) is 3.77. The van der Waals surface area contributed by atoms with Gasteiger partial charge in [0.2, 0.25) is 0 Å². The molecule has 0 spiro atoms. The largest absolute Gasteiger partial charge is 0.232 e. The zero-order valence-electron chi connectivity index (χ0n) is 6.21. The molecule has 0 atom stereocenters. The number of hydrogen-bond donors (Lipinski definition) is 0. The van der Waals surface area contributed by atoms with Gasteiger partial charge in [0.1, 0.15) is 6.61 Å². The molecule has 0 amide bonds. The van der Waals surface area contributed by atoms with Crippen LogP contribution in [0, 0.1) is 0 Å². The monoisotopic (exact) mass is 145 g/mol. The Balaban J connectivity index is 2.48. The number of rotatable bonds is 1. The van der Waals surface area contributed by atoms with Gasteiger partial charge in [-0.15, -0.1) is 0 Å².